The number of aromatic nitrogens is 1. The van der Waals surface area contributed by atoms with Crippen molar-refractivity contribution >= 4 is 16.1 Å². The lowest BCUT2D eigenvalue weighted by molar-refractivity contribution is 0.217. The average Bonchev–Trinajstić information content (AvgIpc) is 3.07. The summed E-state index contributed by atoms with van der Waals surface area (Å²) in [7, 11) is -3.68. The lowest BCUT2D eigenvalue weighted by atomic mass is 10.2. The van der Waals surface area contributed by atoms with Gasteiger partial charge in [-0.3, -0.25) is 4.90 Å². The molecule has 4 rings (SSSR count). The number of benzene rings is 2. The van der Waals surface area contributed by atoms with Crippen LogP contribution in [-0.4, -0.2) is 27.6 Å². The largest absolute Gasteiger partial charge is 0.588 e. The first-order valence-electron chi connectivity index (χ1n) is 8.53. The number of nitrogens with one attached hydrogen (secondary N) is 1. The highest BCUT2D eigenvalue weighted by molar-refractivity contribution is 7.98. The quantitative estimate of drug-likeness (QED) is 0.679. The number of fused-ring (bicyclic) bond motifs is 1. The molecular weight excluding hydrogens is 366 g/mol. The number of nitrogens with zero attached hydrogens (tertiary/aromatic N) is 2. The molecular formula is C19H19N3O4S. The number of hydrogen-bond donors (Lipinski definition) is 1. The molecule has 2 heterocycles. The fourth-order valence-corrected chi connectivity index (χ4v) is 4.05. The Hall–Kier alpha value is -2.68. The van der Waals surface area contributed by atoms with Crippen LogP contribution in [0.3, 0.4) is 0 Å². The van der Waals surface area contributed by atoms with Crippen LogP contribution in [0.2, 0.25) is 0 Å². The molecule has 7 nitrogen and oxygen atoms in total. The van der Waals surface area contributed by atoms with Gasteiger partial charge in [-0.15, -0.1) is 0 Å². The first-order chi connectivity index (χ1) is 13.1. The van der Waals surface area contributed by atoms with Crippen molar-refractivity contribution in [1.29, 1.82) is 0 Å². The van der Waals surface area contributed by atoms with Gasteiger partial charge in [0.15, 0.2) is 21.7 Å². The Kier molecular flexibility index (Phi) is 4.93. The first-order valence-corrected chi connectivity index (χ1v) is 10.0. The Balaban J connectivity index is 1.53. The van der Waals surface area contributed by atoms with Crippen molar-refractivity contribution in [2.75, 3.05) is 17.9 Å². The Labute approximate surface area is 158 Å². The third-order valence-electron chi connectivity index (χ3n) is 4.30. The minimum absolute atomic E-state index is 0.176. The van der Waals surface area contributed by atoms with E-state index in [4.69, 9.17) is 9.15 Å². The van der Waals surface area contributed by atoms with Crippen LogP contribution in [0.15, 0.2) is 70.5 Å². The molecule has 8 heteroatoms. The van der Waals surface area contributed by atoms with Gasteiger partial charge in [-0.25, -0.2) is 9.71 Å². The van der Waals surface area contributed by atoms with E-state index in [1.165, 1.54) is 6.39 Å². The molecule has 2 aromatic carbocycles. The molecule has 0 saturated heterocycles. The molecule has 1 aliphatic heterocycles. The molecule has 140 valence electrons. The number of para-hydroxylation sites is 1. The molecule has 0 bridgehead atoms. The maximum atomic E-state index is 12.7. The summed E-state index contributed by atoms with van der Waals surface area (Å²) >= 11 is 0. The fourth-order valence-electron chi connectivity index (χ4n) is 2.97. The first kappa shape index (κ1) is 17.7. The van der Waals surface area contributed by atoms with E-state index in [1.807, 2.05) is 6.07 Å². The van der Waals surface area contributed by atoms with Gasteiger partial charge in [0.25, 0.3) is 0 Å². The van der Waals surface area contributed by atoms with Crippen LogP contribution < -0.4 is 9.46 Å². The summed E-state index contributed by atoms with van der Waals surface area (Å²) in [6, 6.07) is 13.8. The van der Waals surface area contributed by atoms with Crippen molar-refractivity contribution in [3.8, 4) is 5.75 Å². The average molecular weight is 385 g/mol. The summed E-state index contributed by atoms with van der Waals surface area (Å²) in [4.78, 5) is 6.50. The number of sulfonamides is 1. The van der Waals surface area contributed by atoms with Gasteiger partial charge in [0.05, 0.1) is 11.4 Å². The molecule has 1 aromatic heterocycles. The van der Waals surface area contributed by atoms with Crippen molar-refractivity contribution in [1.82, 2.24) is 9.88 Å². The van der Waals surface area contributed by atoms with Crippen LogP contribution in [0.5, 0.6) is 5.75 Å². The maximum Gasteiger partial charge on any atom is 0.184 e. The predicted molar refractivity (Wildman–Crippen MR) is 99.7 cm³/mol. The molecule has 1 unspecified atom stereocenters. The molecule has 0 amide bonds. The standard InChI is InChI=1S/C19H19N3O4S/c23-27(24,21-16-4-2-1-3-5-16)18-7-6-15-11-22(8-9-26-19(15)10-18)12-17-13-25-14-20-17/h1-7,10,13-14H,8-9,11-12H2,(H-,21,23,24). The minimum atomic E-state index is -3.68. The highest BCUT2D eigenvalue weighted by atomic mass is 32.3. The van der Waals surface area contributed by atoms with Gasteiger partial charge in [0, 0.05) is 31.3 Å². The molecule has 27 heavy (non-hydrogen) atoms. The molecule has 1 N–H and O–H groups in total. The summed E-state index contributed by atoms with van der Waals surface area (Å²) < 4.78 is 38.7. The second kappa shape index (κ2) is 7.51. The van der Waals surface area contributed by atoms with E-state index in [9.17, 15) is 8.76 Å². The highest BCUT2D eigenvalue weighted by Gasteiger charge is 2.24. The van der Waals surface area contributed by atoms with E-state index < -0.39 is 10.4 Å². The van der Waals surface area contributed by atoms with Crippen LogP contribution in [0, 0.1) is 0 Å². The molecule has 0 fully saturated rings. The Morgan fingerprint density at radius 2 is 2.07 bits per heavy atom. The zero-order valence-corrected chi connectivity index (χ0v) is 15.4. The van der Waals surface area contributed by atoms with E-state index in [1.54, 1.807) is 48.7 Å². The monoisotopic (exact) mass is 385 g/mol. The Bertz CT molecular complexity index is 947. The van der Waals surface area contributed by atoms with Crippen LogP contribution in [0.4, 0.5) is 5.69 Å². The van der Waals surface area contributed by atoms with Gasteiger partial charge in [-0.05, 0) is 24.3 Å². The summed E-state index contributed by atoms with van der Waals surface area (Å²) in [6.45, 7) is 2.48. The van der Waals surface area contributed by atoms with Crippen molar-refractivity contribution in [2.45, 2.75) is 18.0 Å². The van der Waals surface area contributed by atoms with Gasteiger partial charge in [0.2, 0.25) is 0 Å². The van der Waals surface area contributed by atoms with E-state index in [0.29, 0.717) is 37.7 Å². The lowest BCUT2D eigenvalue weighted by Crippen LogP contribution is -2.25. The Morgan fingerprint density at radius 1 is 1.22 bits per heavy atom. The molecule has 3 aromatic rings. The Morgan fingerprint density at radius 3 is 2.85 bits per heavy atom. The zero-order valence-electron chi connectivity index (χ0n) is 14.5. The second-order valence-corrected chi connectivity index (χ2v) is 7.96. The number of ether oxygens (including phenoxy) is 1. The van der Waals surface area contributed by atoms with Gasteiger partial charge in [0.1, 0.15) is 18.6 Å². The minimum Gasteiger partial charge on any atom is -0.588 e. The number of hydrogen-bond acceptors (Lipinski definition) is 6. The molecule has 0 aliphatic carbocycles. The zero-order chi connectivity index (χ0) is 18.7. The van der Waals surface area contributed by atoms with Crippen LogP contribution >= 0.6 is 0 Å². The summed E-state index contributed by atoms with van der Waals surface area (Å²) in [5.74, 6) is 0.591. The van der Waals surface area contributed by atoms with Crippen LogP contribution in [0.25, 0.3) is 0 Å². The topological polar surface area (TPSA) is 90.7 Å². The van der Waals surface area contributed by atoms with E-state index >= 15 is 0 Å². The van der Waals surface area contributed by atoms with E-state index in [2.05, 4.69) is 14.6 Å². The lowest BCUT2D eigenvalue weighted by Gasteiger charge is -2.18. The number of oxazole rings is 1. The molecule has 1 aliphatic rings. The van der Waals surface area contributed by atoms with E-state index in [0.717, 1.165) is 11.3 Å². The summed E-state index contributed by atoms with van der Waals surface area (Å²) in [5, 5.41) is 0. The summed E-state index contributed by atoms with van der Waals surface area (Å²) in [5.41, 5.74) is 2.31. The molecule has 1 atom stereocenters. The van der Waals surface area contributed by atoms with Crippen molar-refractivity contribution in [3.05, 3.63) is 72.4 Å². The molecule has 0 saturated carbocycles. The van der Waals surface area contributed by atoms with E-state index in [-0.39, 0.29) is 4.90 Å². The summed E-state index contributed by atoms with van der Waals surface area (Å²) in [6.07, 6.45) is 3.03. The normalized spacial score (nSPS) is 16.6. The second-order valence-electron chi connectivity index (χ2n) is 6.28. The third-order valence-corrected chi connectivity index (χ3v) is 5.68. The van der Waals surface area contributed by atoms with Crippen LogP contribution in [0.1, 0.15) is 11.3 Å². The maximum absolute atomic E-state index is 12.7. The fraction of sp³-hybridized carbons (Fsp3) is 0.211. The van der Waals surface area contributed by atoms with Gasteiger partial charge < -0.3 is 13.7 Å². The van der Waals surface area contributed by atoms with Crippen molar-refractivity contribution in [3.63, 3.8) is 0 Å². The van der Waals surface area contributed by atoms with Gasteiger partial charge in [-0.2, -0.15) is 0 Å². The van der Waals surface area contributed by atoms with Crippen LogP contribution in [-0.2, 0) is 27.7 Å². The molecule has 0 radical (unpaired) electrons. The number of rotatable bonds is 5. The highest BCUT2D eigenvalue weighted by Crippen LogP contribution is 2.29. The predicted octanol–water partition coefficient (Wildman–Crippen LogP) is 3.09. The van der Waals surface area contributed by atoms with Crippen molar-refractivity contribution < 1.29 is 17.9 Å². The molecule has 0 spiro atoms. The SMILES string of the molecule is O=[S+]([O-])(Nc1ccccc1)c1ccc2c(c1)OCCN(Cc1cocn1)C2. The van der Waals surface area contributed by atoms with Crippen molar-refractivity contribution in [2.24, 2.45) is 0 Å². The smallest absolute Gasteiger partial charge is 0.184 e. The van der Waals surface area contributed by atoms with Gasteiger partial charge in [-0.1, -0.05) is 22.4 Å². The number of anilines is 1. The van der Waals surface area contributed by atoms with Gasteiger partial charge >= 0.3 is 0 Å². The third kappa shape index (κ3) is 4.19.